The molecule has 1 aromatic heterocycles. The first-order valence-electron chi connectivity index (χ1n) is 11.9. The number of benzene rings is 2. The second kappa shape index (κ2) is 9.89. The number of anilines is 1. The third-order valence-corrected chi connectivity index (χ3v) is 7.91. The molecule has 0 bridgehead atoms. The Labute approximate surface area is 199 Å². The molecule has 1 aliphatic carbocycles. The van der Waals surface area contributed by atoms with Crippen LogP contribution in [0.1, 0.15) is 49.6 Å². The Morgan fingerprint density at radius 1 is 0.909 bits per heavy atom. The number of hydrogen-bond donors (Lipinski definition) is 2. The van der Waals surface area contributed by atoms with Crippen molar-refractivity contribution in [2.45, 2.75) is 32.2 Å². The molecule has 1 saturated heterocycles. The van der Waals surface area contributed by atoms with Crippen molar-refractivity contribution in [1.29, 1.82) is 0 Å². The van der Waals surface area contributed by atoms with Gasteiger partial charge in [0.1, 0.15) is 11.5 Å². The standard InChI is InChI=1S/C27H29N3O2S/c31-25(21-11-5-2-6-12-21)28-26-24(22-13-7-8-14-23(22)33-26)27(32)30-17-15-29(16-18-30)19-20-9-3-1-4-10-20/h1-6,9-12H,7-8,13-19H2,(H,28,31)/p+1. The van der Waals surface area contributed by atoms with Crippen molar-refractivity contribution < 1.29 is 14.5 Å². The van der Waals surface area contributed by atoms with E-state index in [0.717, 1.165) is 69.0 Å². The van der Waals surface area contributed by atoms with Crippen molar-refractivity contribution in [2.24, 2.45) is 0 Å². The molecule has 2 heterocycles. The molecule has 33 heavy (non-hydrogen) atoms. The molecule has 3 aromatic rings. The number of piperazine rings is 1. The van der Waals surface area contributed by atoms with Gasteiger partial charge in [-0.05, 0) is 43.4 Å². The monoisotopic (exact) mass is 460 g/mol. The zero-order chi connectivity index (χ0) is 22.6. The summed E-state index contributed by atoms with van der Waals surface area (Å²) >= 11 is 1.59. The molecule has 0 saturated carbocycles. The minimum atomic E-state index is -0.152. The van der Waals surface area contributed by atoms with Gasteiger partial charge in [0.2, 0.25) is 0 Å². The van der Waals surface area contributed by atoms with Gasteiger partial charge in [0.05, 0.1) is 31.7 Å². The average molecular weight is 461 g/mol. The van der Waals surface area contributed by atoms with Gasteiger partial charge in [-0.2, -0.15) is 0 Å². The molecule has 2 aliphatic rings. The Hall–Kier alpha value is -2.96. The van der Waals surface area contributed by atoms with E-state index in [0.29, 0.717) is 5.56 Å². The highest BCUT2D eigenvalue weighted by atomic mass is 32.1. The molecule has 0 unspecified atom stereocenters. The highest BCUT2D eigenvalue weighted by Gasteiger charge is 2.32. The van der Waals surface area contributed by atoms with Crippen molar-refractivity contribution in [1.82, 2.24) is 4.90 Å². The van der Waals surface area contributed by atoms with Crippen LogP contribution < -0.4 is 10.2 Å². The molecule has 2 aromatic carbocycles. The molecular weight excluding hydrogens is 430 g/mol. The molecule has 0 spiro atoms. The summed E-state index contributed by atoms with van der Waals surface area (Å²) in [6.45, 7) is 4.38. The fraction of sp³-hybridized carbons (Fsp3) is 0.333. The number of carbonyl (C=O) groups is 2. The second-order valence-electron chi connectivity index (χ2n) is 8.94. The lowest BCUT2D eigenvalue weighted by atomic mass is 9.95. The summed E-state index contributed by atoms with van der Waals surface area (Å²) < 4.78 is 0. The minimum absolute atomic E-state index is 0.0801. The Bertz CT molecular complexity index is 1120. The first-order valence-corrected chi connectivity index (χ1v) is 12.7. The molecule has 170 valence electrons. The first-order chi connectivity index (χ1) is 16.2. The van der Waals surface area contributed by atoms with Crippen molar-refractivity contribution in [3.63, 3.8) is 0 Å². The normalized spacial score (nSPS) is 16.3. The number of fused-ring (bicyclic) bond motifs is 1. The van der Waals surface area contributed by atoms with Crippen LogP contribution in [-0.2, 0) is 19.4 Å². The van der Waals surface area contributed by atoms with Gasteiger partial charge < -0.3 is 15.1 Å². The van der Waals surface area contributed by atoms with Crippen LogP contribution in [0.5, 0.6) is 0 Å². The van der Waals surface area contributed by atoms with E-state index in [1.165, 1.54) is 20.9 Å². The van der Waals surface area contributed by atoms with E-state index in [1.54, 1.807) is 23.5 Å². The number of carbonyl (C=O) groups excluding carboxylic acids is 2. The van der Waals surface area contributed by atoms with Gasteiger partial charge in [-0.3, -0.25) is 9.59 Å². The van der Waals surface area contributed by atoms with E-state index >= 15 is 0 Å². The highest BCUT2D eigenvalue weighted by molar-refractivity contribution is 7.17. The van der Waals surface area contributed by atoms with Crippen molar-refractivity contribution in [3.8, 4) is 0 Å². The number of nitrogens with one attached hydrogen (secondary N) is 2. The van der Waals surface area contributed by atoms with Gasteiger partial charge in [0.15, 0.2) is 0 Å². The van der Waals surface area contributed by atoms with Gasteiger partial charge in [0.25, 0.3) is 11.8 Å². The van der Waals surface area contributed by atoms with Gasteiger partial charge in [-0.15, -0.1) is 11.3 Å². The fourth-order valence-electron chi connectivity index (χ4n) is 4.89. The van der Waals surface area contributed by atoms with Crippen molar-refractivity contribution in [2.75, 3.05) is 31.5 Å². The van der Waals surface area contributed by atoms with Crippen molar-refractivity contribution >= 4 is 28.2 Å². The second-order valence-corrected chi connectivity index (χ2v) is 10.0. The first kappa shape index (κ1) is 21.9. The largest absolute Gasteiger partial charge is 0.328 e. The lowest BCUT2D eigenvalue weighted by Crippen LogP contribution is -3.13. The van der Waals surface area contributed by atoms with Crippen LogP contribution in [0.15, 0.2) is 60.7 Å². The Kier molecular flexibility index (Phi) is 6.55. The van der Waals surface area contributed by atoms with Gasteiger partial charge >= 0.3 is 0 Å². The topological polar surface area (TPSA) is 53.9 Å². The average Bonchev–Trinajstić information content (AvgIpc) is 3.23. The van der Waals surface area contributed by atoms with Crippen molar-refractivity contribution in [3.05, 3.63) is 87.8 Å². The Morgan fingerprint density at radius 2 is 1.58 bits per heavy atom. The number of hydrogen-bond acceptors (Lipinski definition) is 3. The third kappa shape index (κ3) is 4.87. The molecule has 0 atom stereocenters. The number of thiophene rings is 1. The molecule has 2 N–H and O–H groups in total. The summed E-state index contributed by atoms with van der Waals surface area (Å²) in [5.74, 6) is -0.0723. The predicted octanol–water partition coefficient (Wildman–Crippen LogP) is 3.42. The maximum Gasteiger partial charge on any atom is 0.257 e. The fourth-order valence-corrected chi connectivity index (χ4v) is 6.17. The lowest BCUT2D eigenvalue weighted by molar-refractivity contribution is -0.917. The minimum Gasteiger partial charge on any atom is -0.328 e. The summed E-state index contributed by atoms with van der Waals surface area (Å²) in [6.07, 6.45) is 4.17. The van der Waals surface area contributed by atoms with E-state index in [4.69, 9.17) is 0 Å². The molecule has 5 nitrogen and oxygen atoms in total. The molecular formula is C27H30N3O2S+. The van der Waals surface area contributed by atoms with Crippen LogP contribution in [0.2, 0.25) is 0 Å². The van der Waals surface area contributed by atoms with E-state index in [-0.39, 0.29) is 11.8 Å². The summed E-state index contributed by atoms with van der Waals surface area (Å²) in [5.41, 5.74) is 3.86. The van der Waals surface area contributed by atoms with E-state index in [1.807, 2.05) is 29.2 Å². The molecule has 1 aliphatic heterocycles. The van der Waals surface area contributed by atoms with Crippen LogP contribution in [0, 0.1) is 0 Å². The van der Waals surface area contributed by atoms with E-state index in [9.17, 15) is 9.59 Å². The smallest absolute Gasteiger partial charge is 0.257 e. The zero-order valence-electron chi connectivity index (χ0n) is 18.8. The van der Waals surface area contributed by atoms with Crippen LogP contribution >= 0.6 is 11.3 Å². The van der Waals surface area contributed by atoms with Crippen LogP contribution in [0.3, 0.4) is 0 Å². The van der Waals surface area contributed by atoms with E-state index < -0.39 is 0 Å². The van der Waals surface area contributed by atoms with Gasteiger partial charge in [0, 0.05) is 16.0 Å². The van der Waals surface area contributed by atoms with Crippen LogP contribution in [0.4, 0.5) is 5.00 Å². The van der Waals surface area contributed by atoms with Gasteiger partial charge in [-0.25, -0.2) is 0 Å². The quantitative estimate of drug-likeness (QED) is 0.613. The number of nitrogens with zero attached hydrogens (tertiary/aromatic N) is 1. The summed E-state index contributed by atoms with van der Waals surface area (Å²) in [7, 11) is 0. The molecule has 0 radical (unpaired) electrons. The number of quaternary nitrogens is 1. The van der Waals surface area contributed by atoms with E-state index in [2.05, 4.69) is 29.6 Å². The molecule has 6 heteroatoms. The summed E-state index contributed by atoms with van der Waals surface area (Å²) in [4.78, 5) is 31.3. The van der Waals surface area contributed by atoms with Crippen LogP contribution in [-0.4, -0.2) is 42.9 Å². The number of rotatable bonds is 5. The van der Waals surface area contributed by atoms with Gasteiger partial charge in [-0.1, -0.05) is 48.5 Å². The van der Waals surface area contributed by atoms with Crippen LogP contribution in [0.25, 0.3) is 0 Å². The summed E-state index contributed by atoms with van der Waals surface area (Å²) in [6, 6.07) is 19.8. The molecule has 5 rings (SSSR count). The number of aryl methyl sites for hydroxylation is 1. The summed E-state index contributed by atoms with van der Waals surface area (Å²) in [5, 5.41) is 3.79. The zero-order valence-corrected chi connectivity index (χ0v) is 19.6. The molecule has 2 amide bonds. The SMILES string of the molecule is O=C(Nc1sc2c(c1C(=O)N1CC[NH+](Cc3ccccc3)CC1)CCCC2)c1ccccc1. The predicted molar refractivity (Wildman–Crippen MR) is 132 cm³/mol. The Morgan fingerprint density at radius 3 is 2.30 bits per heavy atom. The highest BCUT2D eigenvalue weighted by Crippen LogP contribution is 2.39. The maximum atomic E-state index is 13.7. The number of amides is 2. The lowest BCUT2D eigenvalue weighted by Gasteiger charge is -2.32. The molecule has 1 fully saturated rings. The maximum absolute atomic E-state index is 13.7. The Balaban J connectivity index is 1.32. The third-order valence-electron chi connectivity index (χ3n) is 6.70.